The predicted octanol–water partition coefficient (Wildman–Crippen LogP) is 5.50. The fraction of sp³-hybridized carbons (Fsp3) is 0.167. The molecule has 164 valence electrons. The second-order valence-electron chi connectivity index (χ2n) is 7.17. The summed E-state index contributed by atoms with van der Waals surface area (Å²) in [5.41, 5.74) is 3.01. The van der Waals surface area contributed by atoms with Crippen LogP contribution in [0.15, 0.2) is 71.6 Å². The third-order valence-electron chi connectivity index (χ3n) is 5.03. The molecule has 3 amide bonds. The number of ether oxygens (including phenoxy) is 1. The van der Waals surface area contributed by atoms with Crippen LogP contribution >= 0.6 is 23.4 Å². The summed E-state index contributed by atoms with van der Waals surface area (Å²) in [5.74, 6) is 0.412. The largest absolute Gasteiger partial charge is 0.495 e. The topological polar surface area (TPSA) is 79.5 Å². The van der Waals surface area contributed by atoms with Gasteiger partial charge in [0.2, 0.25) is 5.91 Å². The van der Waals surface area contributed by atoms with Gasteiger partial charge >= 0.3 is 6.03 Å². The molecule has 1 heterocycles. The van der Waals surface area contributed by atoms with Crippen molar-refractivity contribution in [1.82, 2.24) is 5.32 Å². The Hall–Kier alpha value is -3.16. The molecule has 4 rings (SSSR count). The zero-order valence-electron chi connectivity index (χ0n) is 17.4. The van der Waals surface area contributed by atoms with Gasteiger partial charge in [-0.25, -0.2) is 4.79 Å². The van der Waals surface area contributed by atoms with Crippen LogP contribution in [0.4, 0.5) is 16.2 Å². The number of anilines is 2. The highest BCUT2D eigenvalue weighted by Crippen LogP contribution is 2.47. The first-order chi connectivity index (χ1) is 15.5. The van der Waals surface area contributed by atoms with Gasteiger partial charge in [0.15, 0.2) is 0 Å². The molecule has 1 atom stereocenters. The lowest BCUT2D eigenvalue weighted by molar-refractivity contribution is -0.115. The Kier molecular flexibility index (Phi) is 6.87. The number of fused-ring (bicyclic) bond motifs is 1. The number of hydrogen-bond acceptors (Lipinski definition) is 4. The molecule has 0 fully saturated rings. The van der Waals surface area contributed by atoms with E-state index in [2.05, 4.69) is 16.0 Å². The van der Waals surface area contributed by atoms with Crippen molar-refractivity contribution in [3.63, 3.8) is 0 Å². The van der Waals surface area contributed by atoms with Crippen LogP contribution in [0.2, 0.25) is 5.02 Å². The van der Waals surface area contributed by atoms with Gasteiger partial charge in [0.25, 0.3) is 0 Å². The average Bonchev–Trinajstić information content (AvgIpc) is 2.80. The fourth-order valence-corrected chi connectivity index (χ4v) is 4.78. The number of hydrogen-bond donors (Lipinski definition) is 3. The van der Waals surface area contributed by atoms with Crippen molar-refractivity contribution in [3.8, 4) is 5.75 Å². The number of nitrogens with one attached hydrogen (secondary N) is 3. The summed E-state index contributed by atoms with van der Waals surface area (Å²) in [6.45, 7) is 0.425. The number of rotatable bonds is 6. The average molecular weight is 468 g/mol. The molecule has 0 aliphatic carbocycles. The highest BCUT2D eigenvalue weighted by atomic mass is 35.5. The number of halogens is 1. The molecule has 0 bridgehead atoms. The van der Waals surface area contributed by atoms with E-state index in [4.69, 9.17) is 16.3 Å². The third kappa shape index (κ3) is 5.00. The zero-order valence-corrected chi connectivity index (χ0v) is 18.9. The third-order valence-corrected chi connectivity index (χ3v) is 6.71. The second-order valence-corrected chi connectivity index (χ2v) is 8.72. The predicted molar refractivity (Wildman–Crippen MR) is 129 cm³/mol. The SMILES string of the molecule is COc1cc2c(cc1NC(=O)NCCc1ccccc1Cl)NC(=O)C(c1ccccc1)S2. The molecule has 0 radical (unpaired) electrons. The van der Waals surface area contributed by atoms with Gasteiger partial charge in [-0.15, -0.1) is 11.8 Å². The van der Waals surface area contributed by atoms with Crippen LogP contribution in [0.5, 0.6) is 5.75 Å². The maximum Gasteiger partial charge on any atom is 0.319 e. The number of amides is 3. The monoisotopic (exact) mass is 467 g/mol. The molecule has 3 N–H and O–H groups in total. The van der Waals surface area contributed by atoms with Gasteiger partial charge in [-0.1, -0.05) is 60.1 Å². The zero-order chi connectivity index (χ0) is 22.5. The highest BCUT2D eigenvalue weighted by molar-refractivity contribution is 8.00. The minimum Gasteiger partial charge on any atom is -0.495 e. The summed E-state index contributed by atoms with van der Waals surface area (Å²) in [6, 6.07) is 20.3. The summed E-state index contributed by atoms with van der Waals surface area (Å²) < 4.78 is 5.48. The Bertz CT molecular complexity index is 1140. The number of carbonyl (C=O) groups is 2. The molecule has 0 aromatic heterocycles. The lowest BCUT2D eigenvalue weighted by Gasteiger charge is -2.26. The highest BCUT2D eigenvalue weighted by Gasteiger charge is 2.29. The minimum absolute atomic E-state index is 0.103. The maximum atomic E-state index is 12.7. The van der Waals surface area contributed by atoms with Gasteiger partial charge in [-0.2, -0.15) is 0 Å². The molecule has 8 heteroatoms. The van der Waals surface area contributed by atoms with Crippen LogP contribution in [0, 0.1) is 0 Å². The van der Waals surface area contributed by atoms with Crippen molar-refractivity contribution in [2.24, 2.45) is 0 Å². The fourth-order valence-electron chi connectivity index (χ4n) is 3.43. The van der Waals surface area contributed by atoms with Gasteiger partial charge in [-0.3, -0.25) is 4.79 Å². The van der Waals surface area contributed by atoms with Crippen molar-refractivity contribution >= 4 is 46.7 Å². The van der Waals surface area contributed by atoms with Crippen LogP contribution in [-0.4, -0.2) is 25.6 Å². The molecular formula is C24H22ClN3O3S. The van der Waals surface area contributed by atoms with E-state index < -0.39 is 0 Å². The number of methoxy groups -OCH3 is 1. The van der Waals surface area contributed by atoms with Gasteiger partial charge in [0, 0.05) is 16.5 Å². The summed E-state index contributed by atoms with van der Waals surface area (Å²) in [5, 5.41) is 8.89. The molecule has 32 heavy (non-hydrogen) atoms. The van der Waals surface area contributed by atoms with Gasteiger partial charge in [0.1, 0.15) is 11.0 Å². The number of carbonyl (C=O) groups excluding carboxylic acids is 2. The molecule has 1 unspecified atom stereocenters. The van der Waals surface area contributed by atoms with Crippen molar-refractivity contribution in [3.05, 3.63) is 82.9 Å². The van der Waals surface area contributed by atoms with Crippen LogP contribution < -0.4 is 20.7 Å². The van der Waals surface area contributed by atoms with E-state index in [1.54, 1.807) is 13.2 Å². The van der Waals surface area contributed by atoms with Crippen LogP contribution in [0.3, 0.4) is 0 Å². The molecule has 3 aromatic carbocycles. The lowest BCUT2D eigenvalue weighted by Crippen LogP contribution is -2.31. The molecule has 0 saturated carbocycles. The van der Waals surface area contributed by atoms with E-state index in [9.17, 15) is 9.59 Å². The summed E-state index contributed by atoms with van der Waals surface area (Å²) in [4.78, 5) is 26.0. The number of benzene rings is 3. The molecule has 1 aliphatic heterocycles. The summed E-state index contributed by atoms with van der Waals surface area (Å²) >= 11 is 7.61. The first-order valence-electron chi connectivity index (χ1n) is 10.1. The summed E-state index contributed by atoms with van der Waals surface area (Å²) in [7, 11) is 1.54. The van der Waals surface area contributed by atoms with Crippen molar-refractivity contribution in [1.29, 1.82) is 0 Å². The standard InChI is InChI=1S/C24H22ClN3O3S/c1-31-20-14-21-19(27-23(29)22(32-21)16-8-3-2-4-9-16)13-18(20)28-24(30)26-12-11-15-7-5-6-10-17(15)25/h2-10,13-14,22H,11-12H2,1H3,(H,27,29)(H2,26,28,30). The molecule has 0 saturated heterocycles. The molecular weight excluding hydrogens is 446 g/mol. The van der Waals surface area contributed by atoms with E-state index in [0.29, 0.717) is 35.1 Å². The molecule has 3 aromatic rings. The first-order valence-corrected chi connectivity index (χ1v) is 11.3. The Morgan fingerprint density at radius 2 is 1.88 bits per heavy atom. The number of thioether (sulfide) groups is 1. The maximum absolute atomic E-state index is 12.7. The van der Waals surface area contributed by atoms with Gasteiger partial charge in [0.05, 0.1) is 18.5 Å². The molecule has 6 nitrogen and oxygen atoms in total. The Balaban J connectivity index is 1.44. The van der Waals surface area contributed by atoms with Crippen molar-refractivity contribution in [2.45, 2.75) is 16.6 Å². The second kappa shape index (κ2) is 9.97. The van der Waals surface area contributed by atoms with Crippen LogP contribution in [0.25, 0.3) is 0 Å². The Labute approximate surface area is 195 Å². The van der Waals surface area contributed by atoms with E-state index >= 15 is 0 Å². The number of urea groups is 1. The molecule has 1 aliphatic rings. The van der Waals surface area contributed by atoms with E-state index in [1.165, 1.54) is 11.8 Å². The van der Waals surface area contributed by atoms with Crippen LogP contribution in [-0.2, 0) is 11.2 Å². The molecule has 0 spiro atoms. The van der Waals surface area contributed by atoms with E-state index in [0.717, 1.165) is 16.0 Å². The minimum atomic E-state index is -0.368. The normalized spacial score (nSPS) is 14.8. The van der Waals surface area contributed by atoms with E-state index in [1.807, 2.05) is 60.7 Å². The van der Waals surface area contributed by atoms with Gasteiger partial charge < -0.3 is 20.7 Å². The Morgan fingerprint density at radius 1 is 1.12 bits per heavy atom. The smallest absolute Gasteiger partial charge is 0.319 e. The lowest BCUT2D eigenvalue weighted by atomic mass is 10.1. The summed E-state index contributed by atoms with van der Waals surface area (Å²) in [6.07, 6.45) is 0.613. The van der Waals surface area contributed by atoms with Gasteiger partial charge in [-0.05, 0) is 35.7 Å². The first kappa shape index (κ1) is 22.0. The van der Waals surface area contributed by atoms with Crippen molar-refractivity contribution in [2.75, 3.05) is 24.3 Å². The van der Waals surface area contributed by atoms with Crippen molar-refractivity contribution < 1.29 is 14.3 Å². The van der Waals surface area contributed by atoms with Crippen LogP contribution in [0.1, 0.15) is 16.4 Å². The van der Waals surface area contributed by atoms with E-state index in [-0.39, 0.29) is 17.2 Å². The Morgan fingerprint density at radius 3 is 2.62 bits per heavy atom. The quantitative estimate of drug-likeness (QED) is 0.447.